The van der Waals surface area contributed by atoms with E-state index in [4.69, 9.17) is 4.98 Å². The van der Waals surface area contributed by atoms with Crippen molar-refractivity contribution in [3.63, 3.8) is 0 Å². The summed E-state index contributed by atoms with van der Waals surface area (Å²) in [6.07, 6.45) is 8.72. The molecule has 3 aromatic heterocycles. The summed E-state index contributed by atoms with van der Waals surface area (Å²) in [5.41, 5.74) is 2.12. The molecule has 0 saturated heterocycles. The van der Waals surface area contributed by atoms with Gasteiger partial charge >= 0.3 is 0 Å². The van der Waals surface area contributed by atoms with E-state index in [2.05, 4.69) is 20.6 Å². The van der Waals surface area contributed by atoms with E-state index >= 15 is 0 Å². The molecule has 0 atom stereocenters. The molecule has 0 spiro atoms. The van der Waals surface area contributed by atoms with Crippen LogP contribution < -0.4 is 10.6 Å². The molecule has 0 bridgehead atoms. The van der Waals surface area contributed by atoms with Crippen LogP contribution in [0, 0.1) is 0 Å². The van der Waals surface area contributed by atoms with Crippen LogP contribution >= 0.6 is 11.8 Å². The predicted octanol–water partition coefficient (Wildman–Crippen LogP) is 3.77. The maximum Gasteiger partial charge on any atom is 0.258 e. The summed E-state index contributed by atoms with van der Waals surface area (Å²) in [6, 6.07) is 9.15. The predicted molar refractivity (Wildman–Crippen MR) is 104 cm³/mol. The van der Waals surface area contributed by atoms with Gasteiger partial charge < -0.3 is 10.6 Å². The van der Waals surface area contributed by atoms with Crippen molar-refractivity contribution < 1.29 is 4.79 Å². The Morgan fingerprint density at radius 3 is 2.92 bits per heavy atom. The Morgan fingerprint density at radius 1 is 1.19 bits per heavy atom. The maximum atomic E-state index is 12.3. The van der Waals surface area contributed by atoms with Gasteiger partial charge in [-0.25, -0.2) is 9.97 Å². The number of pyridine rings is 3. The number of amides is 1. The molecule has 26 heavy (non-hydrogen) atoms. The fourth-order valence-electron chi connectivity index (χ4n) is 2.50. The third-order valence-corrected chi connectivity index (χ3v) is 4.75. The minimum absolute atomic E-state index is 0.253. The number of rotatable bonds is 3. The molecule has 1 aliphatic rings. The quantitative estimate of drug-likeness (QED) is 0.739. The molecule has 1 aliphatic heterocycles. The van der Waals surface area contributed by atoms with Crippen LogP contribution in [0.15, 0.2) is 66.2 Å². The van der Waals surface area contributed by atoms with Gasteiger partial charge in [0.25, 0.3) is 5.91 Å². The smallest absolute Gasteiger partial charge is 0.258 e. The van der Waals surface area contributed by atoms with Gasteiger partial charge in [-0.2, -0.15) is 0 Å². The zero-order valence-corrected chi connectivity index (χ0v) is 14.7. The number of thioether (sulfide) groups is 1. The highest BCUT2D eigenvalue weighted by molar-refractivity contribution is 8.11. The van der Waals surface area contributed by atoms with E-state index in [1.807, 2.05) is 31.5 Å². The average Bonchev–Trinajstić information content (AvgIpc) is 2.68. The number of allylic oxidation sites excluding steroid dienone is 1. The lowest BCUT2D eigenvalue weighted by atomic mass is 10.2. The van der Waals surface area contributed by atoms with Crippen molar-refractivity contribution in [1.82, 2.24) is 20.3 Å². The highest BCUT2D eigenvalue weighted by Crippen LogP contribution is 2.34. The number of carbonyl (C=O) groups is 1. The van der Waals surface area contributed by atoms with Crippen LogP contribution in [0.25, 0.3) is 15.8 Å². The van der Waals surface area contributed by atoms with E-state index in [0.29, 0.717) is 11.4 Å². The van der Waals surface area contributed by atoms with Gasteiger partial charge in [-0.05, 0) is 31.2 Å². The molecule has 7 heteroatoms. The largest absolute Gasteiger partial charge is 0.366 e. The molecule has 4 rings (SSSR count). The topological polar surface area (TPSA) is 79.8 Å². The summed E-state index contributed by atoms with van der Waals surface area (Å²) in [6.45, 7) is 2.04. The maximum absolute atomic E-state index is 12.3. The first-order valence-electron chi connectivity index (χ1n) is 7.98. The molecule has 2 N–H and O–H groups in total. The summed E-state index contributed by atoms with van der Waals surface area (Å²) < 4.78 is 0. The number of aromatic nitrogens is 3. The Kier molecular flexibility index (Phi) is 4.37. The standard InChI is InChI=1S/C19H15N5OS/c1-12-8-21-11-17(26-12)15-5-4-13-10-22-18(7-16(13)23-15)24-19(25)14-3-2-6-20-9-14/h2-11,21H,1H3,(H,22,24,25). The van der Waals surface area contributed by atoms with Crippen molar-refractivity contribution in [2.75, 3.05) is 5.32 Å². The summed E-state index contributed by atoms with van der Waals surface area (Å²) in [5.74, 6) is 0.201. The van der Waals surface area contributed by atoms with Gasteiger partial charge in [-0.15, -0.1) is 0 Å². The van der Waals surface area contributed by atoms with Gasteiger partial charge in [0.15, 0.2) is 0 Å². The summed E-state index contributed by atoms with van der Waals surface area (Å²) in [4.78, 5) is 27.4. The lowest BCUT2D eigenvalue weighted by molar-refractivity contribution is 0.102. The van der Waals surface area contributed by atoms with Crippen molar-refractivity contribution in [1.29, 1.82) is 0 Å². The first-order chi connectivity index (χ1) is 12.7. The Labute approximate surface area is 154 Å². The van der Waals surface area contributed by atoms with E-state index in [-0.39, 0.29) is 5.91 Å². The average molecular weight is 361 g/mol. The zero-order valence-electron chi connectivity index (χ0n) is 13.9. The van der Waals surface area contributed by atoms with E-state index < -0.39 is 0 Å². The van der Waals surface area contributed by atoms with Crippen molar-refractivity contribution in [3.8, 4) is 0 Å². The highest BCUT2D eigenvalue weighted by Gasteiger charge is 2.11. The molecular formula is C19H15N5OS. The third kappa shape index (κ3) is 3.43. The molecule has 3 aromatic rings. The van der Waals surface area contributed by atoms with Gasteiger partial charge in [0.1, 0.15) is 5.82 Å². The zero-order chi connectivity index (χ0) is 17.9. The van der Waals surface area contributed by atoms with Gasteiger partial charge in [0.05, 0.1) is 21.7 Å². The SMILES string of the molecule is CC1=CNC=C(c2ccc3cnc(NC(=O)c4cccnc4)cc3n2)S1. The van der Waals surface area contributed by atoms with Crippen LogP contribution in [0.3, 0.4) is 0 Å². The second kappa shape index (κ2) is 6.97. The van der Waals surface area contributed by atoms with Gasteiger partial charge in [0.2, 0.25) is 0 Å². The van der Waals surface area contributed by atoms with E-state index in [1.54, 1.807) is 42.4 Å². The second-order valence-electron chi connectivity index (χ2n) is 5.69. The molecule has 0 aliphatic carbocycles. The molecule has 0 radical (unpaired) electrons. The molecule has 0 fully saturated rings. The van der Waals surface area contributed by atoms with Crippen LogP contribution in [0.2, 0.25) is 0 Å². The Morgan fingerprint density at radius 2 is 2.12 bits per heavy atom. The summed E-state index contributed by atoms with van der Waals surface area (Å²) >= 11 is 1.67. The Balaban J connectivity index is 1.62. The molecule has 0 saturated carbocycles. The van der Waals surface area contributed by atoms with E-state index in [9.17, 15) is 4.79 Å². The van der Waals surface area contributed by atoms with Crippen molar-refractivity contribution in [2.24, 2.45) is 0 Å². The van der Waals surface area contributed by atoms with Gasteiger partial charge in [-0.1, -0.05) is 11.8 Å². The van der Waals surface area contributed by atoms with Crippen LogP contribution in [0.1, 0.15) is 23.0 Å². The number of nitrogens with one attached hydrogen (secondary N) is 2. The van der Waals surface area contributed by atoms with Crippen LogP contribution in [0.4, 0.5) is 5.82 Å². The molecular weight excluding hydrogens is 346 g/mol. The number of carbonyl (C=O) groups excluding carboxylic acids is 1. The minimum atomic E-state index is -0.253. The normalized spacial score (nSPS) is 13.6. The number of nitrogens with zero attached hydrogens (tertiary/aromatic N) is 3. The molecule has 0 aromatic carbocycles. The molecule has 128 valence electrons. The summed E-state index contributed by atoms with van der Waals surface area (Å²) in [7, 11) is 0. The van der Waals surface area contributed by atoms with Crippen LogP contribution in [-0.4, -0.2) is 20.9 Å². The molecule has 0 unspecified atom stereocenters. The highest BCUT2D eigenvalue weighted by atomic mass is 32.2. The number of hydrogen-bond acceptors (Lipinski definition) is 6. The monoisotopic (exact) mass is 361 g/mol. The van der Waals surface area contributed by atoms with E-state index in [1.165, 1.54) is 11.1 Å². The van der Waals surface area contributed by atoms with Crippen LogP contribution in [-0.2, 0) is 0 Å². The Hall–Kier alpha value is -3.19. The van der Waals surface area contributed by atoms with Crippen molar-refractivity contribution in [3.05, 3.63) is 77.5 Å². The van der Waals surface area contributed by atoms with Crippen molar-refractivity contribution in [2.45, 2.75) is 6.92 Å². The fourth-order valence-corrected chi connectivity index (χ4v) is 3.32. The summed E-state index contributed by atoms with van der Waals surface area (Å²) in [5, 5.41) is 6.82. The van der Waals surface area contributed by atoms with Gasteiger partial charge in [-0.3, -0.25) is 9.78 Å². The van der Waals surface area contributed by atoms with Crippen molar-refractivity contribution >= 4 is 39.3 Å². The third-order valence-electron chi connectivity index (χ3n) is 3.76. The Bertz CT molecular complexity index is 1050. The first-order valence-corrected chi connectivity index (χ1v) is 8.80. The van der Waals surface area contributed by atoms with E-state index in [0.717, 1.165) is 21.5 Å². The fraction of sp³-hybridized carbons (Fsp3) is 0.0526. The molecule has 1 amide bonds. The first kappa shape index (κ1) is 16.3. The number of fused-ring (bicyclic) bond motifs is 1. The number of hydrogen-bond donors (Lipinski definition) is 2. The van der Waals surface area contributed by atoms with Crippen LogP contribution in [0.5, 0.6) is 0 Å². The molecule has 4 heterocycles. The molecule has 6 nitrogen and oxygen atoms in total. The lowest BCUT2D eigenvalue weighted by Crippen LogP contribution is -2.13. The second-order valence-corrected chi connectivity index (χ2v) is 6.97. The van der Waals surface area contributed by atoms with Gasteiger partial charge in [0, 0.05) is 47.3 Å². The number of anilines is 1. The lowest BCUT2D eigenvalue weighted by Gasteiger charge is -2.13. The minimum Gasteiger partial charge on any atom is -0.366 e.